The van der Waals surface area contributed by atoms with E-state index in [1.807, 2.05) is 18.2 Å². The molecule has 1 aliphatic heterocycles. The van der Waals surface area contributed by atoms with Gasteiger partial charge in [0.15, 0.2) is 0 Å². The summed E-state index contributed by atoms with van der Waals surface area (Å²) in [5.74, 6) is 1.03. The van der Waals surface area contributed by atoms with Crippen LogP contribution >= 0.6 is 11.6 Å². The Hall–Kier alpha value is -1.06. The molecule has 1 aromatic rings. The fourth-order valence-corrected chi connectivity index (χ4v) is 4.17. The molecule has 1 N–H and O–H groups in total. The van der Waals surface area contributed by atoms with Crippen LogP contribution in [-0.2, 0) is 4.79 Å². The molecule has 3 unspecified atom stereocenters. The Balaban J connectivity index is 1.68. The Labute approximate surface area is 130 Å². The summed E-state index contributed by atoms with van der Waals surface area (Å²) in [6, 6.07) is 8.29. The molecule has 3 nitrogen and oxygen atoms in total. The zero-order chi connectivity index (χ0) is 14.6. The number of rotatable bonds is 2. The average Bonchev–Trinajstić information content (AvgIpc) is 3.03. The molecule has 4 rings (SSSR count). The molecule has 1 saturated heterocycles. The largest absolute Gasteiger partial charge is 0.318 e. The quantitative estimate of drug-likeness (QED) is 0.907. The molecule has 0 aromatic heterocycles. The van der Waals surface area contributed by atoms with Crippen LogP contribution in [0.2, 0.25) is 5.02 Å². The second kappa shape index (κ2) is 4.72. The fourth-order valence-electron chi connectivity index (χ4n) is 3.97. The van der Waals surface area contributed by atoms with Gasteiger partial charge < -0.3 is 4.90 Å². The zero-order valence-electron chi connectivity index (χ0n) is 12.3. The number of amides is 1. The van der Waals surface area contributed by atoms with E-state index in [1.165, 1.54) is 6.42 Å². The van der Waals surface area contributed by atoms with Crippen molar-refractivity contribution in [2.75, 3.05) is 0 Å². The van der Waals surface area contributed by atoms with E-state index >= 15 is 0 Å². The van der Waals surface area contributed by atoms with Crippen LogP contribution in [0.25, 0.3) is 0 Å². The molecule has 0 radical (unpaired) electrons. The van der Waals surface area contributed by atoms with Crippen LogP contribution < -0.4 is 5.32 Å². The molecule has 4 heteroatoms. The van der Waals surface area contributed by atoms with Gasteiger partial charge in [-0.25, -0.2) is 0 Å². The number of carbonyl (C=O) groups is 1. The third-order valence-electron chi connectivity index (χ3n) is 5.31. The lowest BCUT2D eigenvalue weighted by Crippen LogP contribution is -2.39. The molecule has 21 heavy (non-hydrogen) atoms. The van der Waals surface area contributed by atoms with E-state index in [1.54, 1.807) is 0 Å². The maximum atomic E-state index is 12.9. The molecule has 3 atom stereocenters. The number of nitrogens with one attached hydrogen (secondary N) is 1. The van der Waals surface area contributed by atoms with Crippen molar-refractivity contribution >= 4 is 17.5 Å². The minimum Gasteiger partial charge on any atom is -0.318 e. The van der Waals surface area contributed by atoms with Gasteiger partial charge in [-0.15, -0.1) is 0 Å². The maximum Gasteiger partial charge on any atom is 0.244 e. The number of halogens is 1. The Morgan fingerprint density at radius 1 is 1.33 bits per heavy atom. The van der Waals surface area contributed by atoms with Crippen molar-refractivity contribution < 1.29 is 4.79 Å². The van der Waals surface area contributed by atoms with Crippen LogP contribution in [0.15, 0.2) is 24.3 Å². The highest BCUT2D eigenvalue weighted by Crippen LogP contribution is 2.48. The monoisotopic (exact) mass is 304 g/mol. The maximum absolute atomic E-state index is 12.9. The van der Waals surface area contributed by atoms with Gasteiger partial charge in [-0.3, -0.25) is 10.1 Å². The summed E-state index contributed by atoms with van der Waals surface area (Å²) in [5.41, 5.74) is 0.845. The van der Waals surface area contributed by atoms with Crippen LogP contribution in [0.1, 0.15) is 50.8 Å². The van der Waals surface area contributed by atoms with Gasteiger partial charge in [0.25, 0.3) is 0 Å². The van der Waals surface area contributed by atoms with E-state index in [2.05, 4.69) is 23.2 Å². The highest BCUT2D eigenvalue weighted by atomic mass is 35.5. The Bertz CT molecular complexity index is 584. The number of hydrogen-bond acceptors (Lipinski definition) is 2. The Morgan fingerprint density at radius 3 is 2.76 bits per heavy atom. The molecule has 2 aliphatic carbocycles. The lowest BCUT2D eigenvalue weighted by molar-refractivity contribution is -0.133. The predicted molar refractivity (Wildman–Crippen MR) is 82.9 cm³/mol. The van der Waals surface area contributed by atoms with E-state index in [0.29, 0.717) is 11.9 Å². The van der Waals surface area contributed by atoms with Crippen LogP contribution in [0, 0.1) is 5.92 Å². The van der Waals surface area contributed by atoms with Gasteiger partial charge in [-0.1, -0.05) is 30.7 Å². The zero-order valence-corrected chi connectivity index (χ0v) is 13.1. The molecule has 1 spiro atoms. The second-order valence-electron chi connectivity index (χ2n) is 6.97. The molecular formula is C17H21ClN2O. The van der Waals surface area contributed by atoms with Crippen LogP contribution in [0.3, 0.4) is 0 Å². The predicted octanol–water partition coefficient (Wildman–Crippen LogP) is 3.49. The lowest BCUT2D eigenvalue weighted by Gasteiger charge is -2.30. The lowest BCUT2D eigenvalue weighted by atomic mass is 10.1. The standard InChI is InChI=1S/C17H21ClN2O/c1-11-5-6-14(9-11)20-15(12-3-2-4-13(18)10-12)19-17(7-8-17)16(20)21/h2-4,10-11,14-15,19H,5-9H2,1H3. The van der Waals surface area contributed by atoms with E-state index in [9.17, 15) is 4.79 Å². The Morgan fingerprint density at radius 2 is 2.14 bits per heavy atom. The first-order chi connectivity index (χ1) is 10.1. The molecule has 1 heterocycles. The van der Waals surface area contributed by atoms with Gasteiger partial charge in [-0.2, -0.15) is 0 Å². The van der Waals surface area contributed by atoms with Crippen molar-refractivity contribution in [3.8, 4) is 0 Å². The van der Waals surface area contributed by atoms with E-state index in [4.69, 9.17) is 11.6 Å². The molecule has 1 aromatic carbocycles. The fraction of sp³-hybridized carbons (Fsp3) is 0.588. The number of nitrogens with zero attached hydrogens (tertiary/aromatic N) is 1. The summed E-state index contributed by atoms with van der Waals surface area (Å²) in [6.45, 7) is 2.29. The van der Waals surface area contributed by atoms with Crippen molar-refractivity contribution in [3.63, 3.8) is 0 Å². The minimum absolute atomic E-state index is 0.00556. The summed E-state index contributed by atoms with van der Waals surface area (Å²) in [4.78, 5) is 15.0. The normalized spacial score (nSPS) is 33.9. The van der Waals surface area contributed by atoms with Crippen LogP contribution in [0.5, 0.6) is 0 Å². The second-order valence-corrected chi connectivity index (χ2v) is 7.40. The van der Waals surface area contributed by atoms with E-state index in [0.717, 1.165) is 42.2 Å². The Kier molecular flexibility index (Phi) is 3.05. The number of carbonyl (C=O) groups excluding carboxylic acids is 1. The summed E-state index contributed by atoms with van der Waals surface area (Å²) in [5, 5.41) is 4.33. The topological polar surface area (TPSA) is 32.3 Å². The molecule has 0 bridgehead atoms. The first-order valence-electron chi connectivity index (χ1n) is 7.95. The third-order valence-corrected chi connectivity index (χ3v) is 5.55. The van der Waals surface area contributed by atoms with Crippen molar-refractivity contribution in [2.45, 2.75) is 56.8 Å². The molecule has 3 aliphatic rings. The van der Waals surface area contributed by atoms with Gasteiger partial charge in [0.1, 0.15) is 11.7 Å². The number of hydrogen-bond donors (Lipinski definition) is 1. The third kappa shape index (κ3) is 2.18. The summed E-state index contributed by atoms with van der Waals surface area (Å²) >= 11 is 6.15. The van der Waals surface area contributed by atoms with Crippen LogP contribution in [-0.4, -0.2) is 22.4 Å². The smallest absolute Gasteiger partial charge is 0.244 e. The highest BCUT2D eigenvalue weighted by molar-refractivity contribution is 6.30. The van der Waals surface area contributed by atoms with Crippen LogP contribution in [0.4, 0.5) is 0 Å². The average molecular weight is 305 g/mol. The van der Waals surface area contributed by atoms with Gasteiger partial charge in [0, 0.05) is 11.1 Å². The van der Waals surface area contributed by atoms with E-state index < -0.39 is 0 Å². The molecule has 1 amide bonds. The van der Waals surface area contributed by atoms with Gasteiger partial charge in [0.2, 0.25) is 5.91 Å². The highest BCUT2D eigenvalue weighted by Gasteiger charge is 2.60. The molecule has 112 valence electrons. The first-order valence-corrected chi connectivity index (χ1v) is 8.33. The summed E-state index contributed by atoms with van der Waals surface area (Å²) in [7, 11) is 0. The van der Waals surface area contributed by atoms with Gasteiger partial charge in [0.05, 0.1) is 0 Å². The van der Waals surface area contributed by atoms with Gasteiger partial charge in [-0.05, 0) is 55.7 Å². The summed E-state index contributed by atoms with van der Waals surface area (Å²) < 4.78 is 0. The summed E-state index contributed by atoms with van der Waals surface area (Å²) in [6.07, 6.45) is 5.42. The van der Waals surface area contributed by atoms with E-state index in [-0.39, 0.29) is 11.7 Å². The van der Waals surface area contributed by atoms with Crippen molar-refractivity contribution in [1.82, 2.24) is 10.2 Å². The SMILES string of the molecule is CC1CCC(N2C(=O)C3(CC3)NC2c2cccc(Cl)c2)C1. The minimum atomic E-state index is -0.265. The van der Waals surface area contributed by atoms with Crippen molar-refractivity contribution in [3.05, 3.63) is 34.9 Å². The molecular weight excluding hydrogens is 284 g/mol. The molecule has 3 fully saturated rings. The van der Waals surface area contributed by atoms with Gasteiger partial charge >= 0.3 is 0 Å². The number of benzene rings is 1. The first kappa shape index (κ1) is 13.6. The molecule has 2 saturated carbocycles. The van der Waals surface area contributed by atoms with Crippen molar-refractivity contribution in [1.29, 1.82) is 0 Å². The van der Waals surface area contributed by atoms with Crippen molar-refractivity contribution in [2.24, 2.45) is 5.92 Å².